The zero-order valence-electron chi connectivity index (χ0n) is 10.6. The molecular formula is C19H14. The van der Waals surface area contributed by atoms with Gasteiger partial charge in [0.15, 0.2) is 0 Å². The fourth-order valence-corrected chi connectivity index (χ4v) is 3.21. The number of rotatable bonds is 1. The highest BCUT2D eigenvalue weighted by atomic mass is 14.3. The molecule has 0 radical (unpaired) electrons. The highest BCUT2D eigenvalue weighted by Gasteiger charge is 2.30. The minimum Gasteiger partial charge on any atom is -0.0918 e. The lowest BCUT2D eigenvalue weighted by atomic mass is 9.90. The Labute approximate surface area is 113 Å². The fraction of sp³-hybridized carbons (Fsp3) is 0.0526. The first-order chi connectivity index (χ1) is 9.34. The van der Waals surface area contributed by atoms with Gasteiger partial charge in [-0.25, -0.2) is 0 Å². The van der Waals surface area contributed by atoms with Gasteiger partial charge in [-0.2, -0.15) is 0 Å². The molecule has 0 fully saturated rings. The lowest BCUT2D eigenvalue weighted by molar-refractivity contribution is 1.02. The Morgan fingerprint density at radius 2 is 1.32 bits per heavy atom. The first-order valence-corrected chi connectivity index (χ1v) is 6.61. The number of hydrogen-bond donors (Lipinski definition) is 0. The molecule has 2 aliphatic carbocycles. The van der Waals surface area contributed by atoms with Crippen molar-refractivity contribution in [3.8, 4) is 11.1 Å². The van der Waals surface area contributed by atoms with Crippen LogP contribution in [0, 0.1) is 0 Å². The molecule has 0 saturated heterocycles. The van der Waals surface area contributed by atoms with E-state index in [1.165, 1.54) is 27.8 Å². The van der Waals surface area contributed by atoms with Crippen molar-refractivity contribution < 1.29 is 0 Å². The molecule has 19 heavy (non-hydrogen) atoms. The first kappa shape index (κ1) is 10.6. The maximum absolute atomic E-state index is 4.02. The number of benzene rings is 2. The normalized spacial score (nSPS) is 16.4. The molecule has 0 aromatic heterocycles. The summed E-state index contributed by atoms with van der Waals surface area (Å²) >= 11 is 0. The highest BCUT2D eigenvalue weighted by Crippen LogP contribution is 2.49. The van der Waals surface area contributed by atoms with E-state index in [4.69, 9.17) is 0 Å². The molecule has 0 nitrogen and oxygen atoms in total. The van der Waals surface area contributed by atoms with Crippen molar-refractivity contribution in [3.63, 3.8) is 0 Å². The standard InChI is InChI=1S/C19H14/c1-13-10-11-14(12-13)19-17-8-4-2-6-15(17)16-7-3-5-9-18(16)19/h2-12,19H,1H2. The molecule has 2 aliphatic rings. The van der Waals surface area contributed by atoms with E-state index in [9.17, 15) is 0 Å². The van der Waals surface area contributed by atoms with E-state index in [1.807, 2.05) is 0 Å². The summed E-state index contributed by atoms with van der Waals surface area (Å²) < 4.78 is 0. The molecule has 0 heteroatoms. The molecule has 0 bridgehead atoms. The van der Waals surface area contributed by atoms with Crippen molar-refractivity contribution in [2.75, 3.05) is 0 Å². The van der Waals surface area contributed by atoms with Crippen LogP contribution >= 0.6 is 0 Å². The minimum absolute atomic E-state index is 0.364. The van der Waals surface area contributed by atoms with Crippen LogP contribution in [0.2, 0.25) is 0 Å². The van der Waals surface area contributed by atoms with Gasteiger partial charge >= 0.3 is 0 Å². The summed E-state index contributed by atoms with van der Waals surface area (Å²) in [5.74, 6) is 0.364. The second-order valence-electron chi connectivity index (χ2n) is 5.16. The molecular weight excluding hydrogens is 228 g/mol. The van der Waals surface area contributed by atoms with Crippen molar-refractivity contribution in [1.29, 1.82) is 0 Å². The van der Waals surface area contributed by atoms with Crippen molar-refractivity contribution in [2.45, 2.75) is 5.92 Å². The molecule has 0 spiro atoms. The lowest BCUT2D eigenvalue weighted by Gasteiger charge is -2.13. The van der Waals surface area contributed by atoms with Crippen molar-refractivity contribution >= 4 is 0 Å². The molecule has 0 amide bonds. The zero-order chi connectivity index (χ0) is 12.8. The predicted molar refractivity (Wildman–Crippen MR) is 80.1 cm³/mol. The topological polar surface area (TPSA) is 0 Å². The van der Waals surface area contributed by atoms with Crippen molar-refractivity contribution in [1.82, 2.24) is 0 Å². The molecule has 0 N–H and O–H groups in total. The second kappa shape index (κ2) is 3.83. The van der Waals surface area contributed by atoms with E-state index < -0.39 is 0 Å². The summed E-state index contributed by atoms with van der Waals surface area (Å²) in [7, 11) is 0. The summed E-state index contributed by atoms with van der Waals surface area (Å²) in [5, 5.41) is 0. The highest BCUT2D eigenvalue weighted by molar-refractivity contribution is 5.81. The molecule has 4 rings (SSSR count). The maximum atomic E-state index is 4.02. The molecule has 0 unspecified atom stereocenters. The van der Waals surface area contributed by atoms with Gasteiger partial charge in [-0.05, 0) is 33.4 Å². The van der Waals surface area contributed by atoms with Gasteiger partial charge in [-0.1, -0.05) is 73.3 Å². The van der Waals surface area contributed by atoms with Crippen LogP contribution in [0.15, 0.2) is 84.5 Å². The molecule has 0 saturated carbocycles. The Bertz CT molecular complexity index is 699. The lowest BCUT2D eigenvalue weighted by Crippen LogP contribution is -1.97. The van der Waals surface area contributed by atoms with E-state index in [0.717, 1.165) is 5.57 Å². The third kappa shape index (κ3) is 1.47. The van der Waals surface area contributed by atoms with Crippen LogP contribution < -0.4 is 0 Å². The van der Waals surface area contributed by atoms with Gasteiger partial charge in [0, 0.05) is 5.92 Å². The Morgan fingerprint density at radius 3 is 1.84 bits per heavy atom. The Morgan fingerprint density at radius 1 is 0.737 bits per heavy atom. The SMILES string of the molecule is C=C1C=CC(C2c3ccccc3-c3ccccc32)=C1. The second-order valence-corrected chi connectivity index (χ2v) is 5.16. The number of fused-ring (bicyclic) bond motifs is 3. The Hall–Kier alpha value is -2.34. The molecule has 2 aromatic carbocycles. The largest absolute Gasteiger partial charge is 0.0918 e. The average molecular weight is 242 g/mol. The molecule has 90 valence electrons. The average Bonchev–Trinajstić information content (AvgIpc) is 3.00. The molecule has 0 atom stereocenters. The Balaban J connectivity index is 1.99. The number of allylic oxidation sites excluding steroid dienone is 5. The van der Waals surface area contributed by atoms with Crippen LogP contribution in [0.1, 0.15) is 17.0 Å². The van der Waals surface area contributed by atoms with Gasteiger partial charge in [0.2, 0.25) is 0 Å². The zero-order valence-corrected chi connectivity index (χ0v) is 10.6. The first-order valence-electron chi connectivity index (χ1n) is 6.61. The van der Waals surface area contributed by atoms with Crippen LogP contribution in [0.3, 0.4) is 0 Å². The van der Waals surface area contributed by atoms with Gasteiger partial charge in [0.1, 0.15) is 0 Å². The van der Waals surface area contributed by atoms with Gasteiger partial charge in [-0.15, -0.1) is 0 Å². The van der Waals surface area contributed by atoms with E-state index in [-0.39, 0.29) is 0 Å². The summed E-state index contributed by atoms with van der Waals surface area (Å²) in [6.07, 6.45) is 6.49. The van der Waals surface area contributed by atoms with E-state index in [1.54, 1.807) is 0 Å². The molecule has 0 aliphatic heterocycles. The monoisotopic (exact) mass is 242 g/mol. The van der Waals surface area contributed by atoms with Crippen molar-refractivity contribution in [2.24, 2.45) is 0 Å². The van der Waals surface area contributed by atoms with E-state index in [0.29, 0.717) is 5.92 Å². The van der Waals surface area contributed by atoms with Crippen LogP contribution in [-0.2, 0) is 0 Å². The van der Waals surface area contributed by atoms with E-state index >= 15 is 0 Å². The van der Waals surface area contributed by atoms with Gasteiger partial charge < -0.3 is 0 Å². The van der Waals surface area contributed by atoms with Gasteiger partial charge in [-0.3, -0.25) is 0 Å². The summed E-state index contributed by atoms with van der Waals surface area (Å²) in [6, 6.07) is 17.4. The maximum Gasteiger partial charge on any atom is 0.0352 e. The summed E-state index contributed by atoms with van der Waals surface area (Å²) in [4.78, 5) is 0. The van der Waals surface area contributed by atoms with Crippen LogP contribution in [0.5, 0.6) is 0 Å². The summed E-state index contributed by atoms with van der Waals surface area (Å²) in [5.41, 5.74) is 8.01. The minimum atomic E-state index is 0.364. The third-order valence-corrected chi connectivity index (χ3v) is 4.01. The number of hydrogen-bond acceptors (Lipinski definition) is 0. The van der Waals surface area contributed by atoms with Gasteiger partial charge in [0.25, 0.3) is 0 Å². The predicted octanol–water partition coefficient (Wildman–Crippen LogP) is 4.85. The fourth-order valence-electron chi connectivity index (χ4n) is 3.21. The summed E-state index contributed by atoms with van der Waals surface area (Å²) in [6.45, 7) is 4.02. The van der Waals surface area contributed by atoms with Crippen LogP contribution in [-0.4, -0.2) is 0 Å². The van der Waals surface area contributed by atoms with Crippen molar-refractivity contribution in [3.05, 3.63) is 95.6 Å². The van der Waals surface area contributed by atoms with Crippen LogP contribution in [0.4, 0.5) is 0 Å². The molecule has 0 heterocycles. The van der Waals surface area contributed by atoms with E-state index in [2.05, 4.69) is 73.3 Å². The van der Waals surface area contributed by atoms with Gasteiger partial charge in [0.05, 0.1) is 0 Å². The smallest absolute Gasteiger partial charge is 0.0352 e. The quantitative estimate of drug-likeness (QED) is 0.670. The third-order valence-electron chi connectivity index (χ3n) is 4.01. The Kier molecular flexibility index (Phi) is 2.13. The molecule has 2 aromatic rings. The van der Waals surface area contributed by atoms with Crippen LogP contribution in [0.25, 0.3) is 11.1 Å².